The minimum atomic E-state index is -1.04. The predicted octanol–water partition coefficient (Wildman–Crippen LogP) is 0.946. The molecular weight excluding hydrogens is 258 g/mol. The molecule has 6 nitrogen and oxygen atoms in total. The maximum absolute atomic E-state index is 12.3. The molecule has 0 aromatic carbocycles. The van der Waals surface area contributed by atoms with E-state index in [9.17, 15) is 9.59 Å². The Labute approximate surface area is 118 Å². The van der Waals surface area contributed by atoms with Crippen molar-refractivity contribution in [3.8, 4) is 0 Å². The number of nitrogens with zero attached hydrogens (tertiary/aromatic N) is 3. The van der Waals surface area contributed by atoms with Gasteiger partial charge in [0.25, 0.3) is 5.91 Å². The minimum Gasteiger partial charge on any atom is -0.478 e. The predicted molar refractivity (Wildman–Crippen MR) is 73.8 cm³/mol. The molecule has 0 spiro atoms. The number of carbonyl (C=O) groups is 2. The Morgan fingerprint density at radius 3 is 2.70 bits per heavy atom. The number of carbonyl (C=O) groups excluding carboxylic acids is 1. The van der Waals surface area contributed by atoms with Crippen LogP contribution in [-0.2, 0) is 0 Å². The first kappa shape index (κ1) is 14.5. The van der Waals surface area contributed by atoms with Crippen LogP contribution in [0.5, 0.6) is 0 Å². The van der Waals surface area contributed by atoms with E-state index in [1.807, 2.05) is 0 Å². The third-order valence-corrected chi connectivity index (χ3v) is 3.77. The maximum Gasteiger partial charge on any atom is 0.337 e. The topological polar surface area (TPSA) is 73.7 Å². The first-order valence-electron chi connectivity index (χ1n) is 6.71. The standard InChI is InChI=1S/C14H19N3O3/c1-3-11-9-17(7-6-16(11)2)13(18)12-5-4-10(8-15-12)14(19)20/h4-5,8,11H,3,6-7,9H2,1-2H3,(H,19,20). The van der Waals surface area contributed by atoms with Gasteiger partial charge in [0.15, 0.2) is 0 Å². The molecule has 1 fully saturated rings. The van der Waals surface area contributed by atoms with Crippen LogP contribution in [0.3, 0.4) is 0 Å². The van der Waals surface area contributed by atoms with Crippen LogP contribution in [0.1, 0.15) is 34.2 Å². The Kier molecular flexibility index (Phi) is 4.34. The molecule has 1 aromatic heterocycles. The van der Waals surface area contributed by atoms with E-state index in [1.165, 1.54) is 18.3 Å². The number of aromatic carboxylic acids is 1. The number of carboxylic acids is 1. The van der Waals surface area contributed by atoms with Gasteiger partial charge in [0, 0.05) is 31.9 Å². The Hall–Kier alpha value is -1.95. The van der Waals surface area contributed by atoms with E-state index in [2.05, 4.69) is 23.9 Å². The van der Waals surface area contributed by atoms with Crippen LogP contribution in [0.15, 0.2) is 18.3 Å². The molecular formula is C14H19N3O3. The smallest absolute Gasteiger partial charge is 0.337 e. The van der Waals surface area contributed by atoms with Gasteiger partial charge in [-0.3, -0.25) is 14.7 Å². The summed E-state index contributed by atoms with van der Waals surface area (Å²) in [4.78, 5) is 31.1. The largest absolute Gasteiger partial charge is 0.478 e. The van der Waals surface area contributed by atoms with Crippen molar-refractivity contribution < 1.29 is 14.7 Å². The highest BCUT2D eigenvalue weighted by Gasteiger charge is 2.27. The molecule has 108 valence electrons. The molecule has 2 heterocycles. The van der Waals surface area contributed by atoms with Gasteiger partial charge in [0.1, 0.15) is 5.69 Å². The molecule has 6 heteroatoms. The minimum absolute atomic E-state index is 0.0892. The zero-order chi connectivity index (χ0) is 14.7. The van der Waals surface area contributed by atoms with Crippen LogP contribution < -0.4 is 0 Å². The van der Waals surface area contributed by atoms with Gasteiger partial charge in [-0.25, -0.2) is 4.79 Å². The van der Waals surface area contributed by atoms with E-state index in [4.69, 9.17) is 5.11 Å². The molecule has 1 N–H and O–H groups in total. The van der Waals surface area contributed by atoms with Crippen LogP contribution in [-0.4, -0.2) is 64.5 Å². The van der Waals surface area contributed by atoms with E-state index in [-0.39, 0.29) is 11.5 Å². The summed E-state index contributed by atoms with van der Waals surface area (Å²) in [6, 6.07) is 3.26. The number of carboxylic acid groups (broad SMARTS) is 1. The highest BCUT2D eigenvalue weighted by atomic mass is 16.4. The Morgan fingerprint density at radius 2 is 2.15 bits per heavy atom. The van der Waals surface area contributed by atoms with Gasteiger partial charge in [-0.15, -0.1) is 0 Å². The molecule has 1 amide bonds. The van der Waals surface area contributed by atoms with Crippen molar-refractivity contribution in [2.24, 2.45) is 0 Å². The Bertz CT molecular complexity index is 501. The first-order chi connectivity index (χ1) is 9.52. The monoisotopic (exact) mass is 277 g/mol. The molecule has 1 aliphatic rings. The molecule has 1 aliphatic heterocycles. The van der Waals surface area contributed by atoms with Crippen molar-refractivity contribution in [1.82, 2.24) is 14.8 Å². The molecule has 0 saturated carbocycles. The highest BCUT2D eigenvalue weighted by Crippen LogP contribution is 2.13. The summed E-state index contributed by atoms with van der Waals surface area (Å²) in [7, 11) is 2.07. The molecule has 0 aliphatic carbocycles. The van der Waals surface area contributed by atoms with Gasteiger partial charge < -0.3 is 10.0 Å². The van der Waals surface area contributed by atoms with E-state index in [0.29, 0.717) is 24.8 Å². The summed E-state index contributed by atoms with van der Waals surface area (Å²) in [6.07, 6.45) is 2.22. The molecule has 1 aromatic rings. The third kappa shape index (κ3) is 2.96. The number of piperazine rings is 1. The fourth-order valence-electron chi connectivity index (χ4n) is 2.38. The average Bonchev–Trinajstić information content (AvgIpc) is 2.47. The molecule has 2 rings (SSSR count). The highest BCUT2D eigenvalue weighted by molar-refractivity contribution is 5.93. The summed E-state index contributed by atoms with van der Waals surface area (Å²) in [5.41, 5.74) is 0.390. The number of hydrogen-bond acceptors (Lipinski definition) is 4. The van der Waals surface area contributed by atoms with Crippen molar-refractivity contribution in [2.75, 3.05) is 26.7 Å². The fraction of sp³-hybridized carbons (Fsp3) is 0.500. The van der Waals surface area contributed by atoms with Crippen LogP contribution in [0, 0.1) is 0 Å². The van der Waals surface area contributed by atoms with Gasteiger partial charge in [0.2, 0.25) is 0 Å². The second-order valence-corrected chi connectivity index (χ2v) is 5.03. The zero-order valence-electron chi connectivity index (χ0n) is 11.7. The number of amides is 1. The normalized spacial score (nSPS) is 19.9. The molecule has 20 heavy (non-hydrogen) atoms. The lowest BCUT2D eigenvalue weighted by molar-refractivity contribution is 0.0535. The summed E-state index contributed by atoms with van der Waals surface area (Å²) in [5.74, 6) is -1.17. The SMILES string of the molecule is CCC1CN(C(=O)c2ccc(C(=O)O)cn2)CCN1C. The van der Waals surface area contributed by atoms with Crippen molar-refractivity contribution in [3.05, 3.63) is 29.6 Å². The zero-order valence-corrected chi connectivity index (χ0v) is 11.7. The Balaban J connectivity index is 2.09. The molecule has 1 unspecified atom stereocenters. The number of aromatic nitrogens is 1. The summed E-state index contributed by atoms with van der Waals surface area (Å²) in [6.45, 7) is 4.31. The third-order valence-electron chi connectivity index (χ3n) is 3.77. The first-order valence-corrected chi connectivity index (χ1v) is 6.71. The lowest BCUT2D eigenvalue weighted by atomic mass is 10.1. The van der Waals surface area contributed by atoms with E-state index < -0.39 is 5.97 Å². The van der Waals surface area contributed by atoms with Gasteiger partial charge in [-0.05, 0) is 25.6 Å². The summed E-state index contributed by atoms with van der Waals surface area (Å²) in [5, 5.41) is 8.82. The number of likely N-dealkylation sites (N-methyl/N-ethyl adjacent to an activating group) is 1. The van der Waals surface area contributed by atoms with Crippen molar-refractivity contribution in [3.63, 3.8) is 0 Å². The molecule has 1 atom stereocenters. The Morgan fingerprint density at radius 1 is 1.40 bits per heavy atom. The fourth-order valence-corrected chi connectivity index (χ4v) is 2.38. The van der Waals surface area contributed by atoms with Crippen LogP contribution in [0.25, 0.3) is 0 Å². The maximum atomic E-state index is 12.3. The van der Waals surface area contributed by atoms with Crippen molar-refractivity contribution in [2.45, 2.75) is 19.4 Å². The van der Waals surface area contributed by atoms with E-state index in [1.54, 1.807) is 4.90 Å². The van der Waals surface area contributed by atoms with Crippen molar-refractivity contribution in [1.29, 1.82) is 0 Å². The molecule has 0 radical (unpaired) electrons. The van der Waals surface area contributed by atoms with Gasteiger partial charge in [-0.1, -0.05) is 6.92 Å². The lowest BCUT2D eigenvalue weighted by Crippen LogP contribution is -2.53. The molecule has 1 saturated heterocycles. The van der Waals surface area contributed by atoms with Crippen molar-refractivity contribution >= 4 is 11.9 Å². The quantitative estimate of drug-likeness (QED) is 0.890. The summed E-state index contributed by atoms with van der Waals surface area (Å²) < 4.78 is 0. The lowest BCUT2D eigenvalue weighted by Gasteiger charge is -2.38. The number of rotatable bonds is 3. The van der Waals surface area contributed by atoms with Gasteiger partial charge in [-0.2, -0.15) is 0 Å². The van der Waals surface area contributed by atoms with Gasteiger partial charge >= 0.3 is 5.97 Å². The van der Waals surface area contributed by atoms with Crippen LogP contribution in [0.2, 0.25) is 0 Å². The summed E-state index contributed by atoms with van der Waals surface area (Å²) >= 11 is 0. The van der Waals surface area contributed by atoms with E-state index in [0.717, 1.165) is 13.0 Å². The number of hydrogen-bond donors (Lipinski definition) is 1. The number of pyridine rings is 1. The average molecular weight is 277 g/mol. The van der Waals surface area contributed by atoms with Crippen LogP contribution in [0.4, 0.5) is 0 Å². The van der Waals surface area contributed by atoms with E-state index >= 15 is 0 Å². The second-order valence-electron chi connectivity index (χ2n) is 5.03. The second kappa shape index (κ2) is 6.00. The van der Waals surface area contributed by atoms with Crippen LogP contribution >= 0.6 is 0 Å². The molecule has 0 bridgehead atoms. The van der Waals surface area contributed by atoms with Gasteiger partial charge in [0.05, 0.1) is 5.56 Å².